The van der Waals surface area contributed by atoms with Gasteiger partial charge in [-0.2, -0.15) is 0 Å². The van der Waals surface area contributed by atoms with Crippen molar-refractivity contribution in [1.29, 1.82) is 0 Å². The second-order valence-corrected chi connectivity index (χ2v) is 17.6. The van der Waals surface area contributed by atoms with Crippen molar-refractivity contribution in [2.24, 2.45) is 51.2 Å². The number of nitrogens with one attached hydrogen (secondary N) is 1. The molecule has 0 bridgehead atoms. The molecular weight excluding hydrogens is 550 g/mol. The highest BCUT2D eigenvalue weighted by Gasteiger charge is 2.69. The highest BCUT2D eigenvalue weighted by atomic mass is 35.5. The van der Waals surface area contributed by atoms with Crippen LogP contribution in [0.2, 0.25) is 0 Å². The first kappa shape index (κ1) is 31.8. The number of carbonyl (C=O) groups is 2. The van der Waals surface area contributed by atoms with E-state index in [0.717, 1.165) is 37.8 Å². The van der Waals surface area contributed by atoms with E-state index in [1.807, 2.05) is 0 Å². The van der Waals surface area contributed by atoms with Gasteiger partial charge in [0.1, 0.15) is 5.78 Å². The van der Waals surface area contributed by atoms with E-state index in [9.17, 15) is 9.59 Å². The lowest BCUT2D eigenvalue weighted by molar-refractivity contribution is -0.196. The zero-order chi connectivity index (χ0) is 31.2. The highest BCUT2D eigenvalue weighted by Crippen LogP contribution is 2.76. The van der Waals surface area contributed by atoms with Crippen LogP contribution in [-0.2, 0) is 9.59 Å². The molecule has 0 amide bonds. The molecule has 4 heteroatoms. The Morgan fingerprint density at radius 3 is 2.35 bits per heavy atom. The summed E-state index contributed by atoms with van der Waals surface area (Å²) in [4.78, 5) is 25.7. The van der Waals surface area contributed by atoms with Crippen molar-refractivity contribution in [3.63, 3.8) is 0 Å². The largest absolute Gasteiger partial charge is 0.306 e. The molecule has 0 aromatic heterocycles. The number of ketones is 2. The predicted molar refractivity (Wildman–Crippen MR) is 178 cm³/mol. The Bertz CT molecular complexity index is 1290. The summed E-state index contributed by atoms with van der Waals surface area (Å²) in [7, 11) is 0. The van der Waals surface area contributed by atoms with Gasteiger partial charge >= 0.3 is 0 Å². The molecule has 6 aliphatic rings. The van der Waals surface area contributed by atoms with Gasteiger partial charge in [0.25, 0.3) is 0 Å². The van der Waals surface area contributed by atoms with Gasteiger partial charge in [0.05, 0.1) is 0 Å². The lowest BCUT2D eigenvalue weighted by Crippen LogP contribution is -2.66. The molecule has 0 radical (unpaired) electrons. The molecule has 0 saturated heterocycles. The van der Waals surface area contributed by atoms with Crippen molar-refractivity contribution in [1.82, 2.24) is 5.32 Å². The van der Waals surface area contributed by atoms with Gasteiger partial charge in [-0.05, 0) is 139 Å². The smallest absolute Gasteiger partial charge is 0.161 e. The maximum Gasteiger partial charge on any atom is 0.161 e. The average molecular weight is 608 g/mol. The van der Waals surface area contributed by atoms with Crippen LogP contribution in [0.3, 0.4) is 0 Å². The summed E-state index contributed by atoms with van der Waals surface area (Å²) in [6, 6.07) is 0. The molecule has 238 valence electrons. The molecular formula is C39H58ClNO2. The second-order valence-electron chi connectivity index (χ2n) is 17.2. The van der Waals surface area contributed by atoms with Crippen LogP contribution in [0.1, 0.15) is 126 Å². The van der Waals surface area contributed by atoms with Crippen LogP contribution in [0.25, 0.3) is 0 Å². The minimum Gasteiger partial charge on any atom is -0.306 e. The summed E-state index contributed by atoms with van der Waals surface area (Å²) >= 11 is 6.22. The number of rotatable bonds is 6. The fraction of sp³-hybridized carbons (Fsp3) is 0.795. The van der Waals surface area contributed by atoms with Crippen molar-refractivity contribution in [3.05, 3.63) is 34.4 Å². The van der Waals surface area contributed by atoms with Crippen molar-refractivity contribution in [3.8, 4) is 0 Å². The number of carbonyl (C=O) groups excluding carboxylic acids is 2. The zero-order valence-corrected chi connectivity index (χ0v) is 29.2. The van der Waals surface area contributed by atoms with Gasteiger partial charge in [-0.25, -0.2) is 0 Å². The molecule has 8 atom stereocenters. The summed E-state index contributed by atoms with van der Waals surface area (Å²) in [5.74, 6) is 3.62. The average Bonchev–Trinajstić information content (AvgIpc) is 3.24. The van der Waals surface area contributed by atoms with E-state index in [-0.39, 0.29) is 39.0 Å². The van der Waals surface area contributed by atoms with Crippen LogP contribution >= 0.6 is 11.6 Å². The zero-order valence-electron chi connectivity index (χ0n) is 28.4. The summed E-state index contributed by atoms with van der Waals surface area (Å²) in [6.45, 7) is 20.1. The van der Waals surface area contributed by atoms with Gasteiger partial charge in [-0.3, -0.25) is 9.59 Å². The molecule has 1 unspecified atom stereocenters. The Labute approximate surface area is 267 Å². The first-order valence-electron chi connectivity index (χ1n) is 17.7. The normalized spacial score (nSPS) is 43.8. The number of allylic oxidation sites excluding steroid dienone is 5. The SMILES string of the molecule is CC(=O)C1CC=C(C2=CC[C@]3(C)[C@H]4CC[C@@H]5C6=C(C(C)C)C(=O)C[C@]6(NCCCl)CC[C@@]5(C)[C@]4(C)CC[C@H]3C2(C)C)CC1. The number of fused-ring (bicyclic) bond motifs is 7. The molecule has 1 N–H and O–H groups in total. The van der Waals surface area contributed by atoms with Gasteiger partial charge in [0, 0.05) is 30.3 Å². The third-order valence-corrected chi connectivity index (χ3v) is 15.1. The van der Waals surface area contributed by atoms with Crippen LogP contribution < -0.4 is 5.32 Å². The predicted octanol–water partition coefficient (Wildman–Crippen LogP) is 9.40. The molecule has 6 rings (SSSR count). The van der Waals surface area contributed by atoms with Gasteiger partial charge in [0.2, 0.25) is 0 Å². The number of alkyl halides is 1. The van der Waals surface area contributed by atoms with Crippen LogP contribution in [0.15, 0.2) is 34.4 Å². The van der Waals surface area contributed by atoms with E-state index in [2.05, 4.69) is 65.9 Å². The maximum atomic E-state index is 13.7. The number of halogens is 1. The van der Waals surface area contributed by atoms with Gasteiger partial charge in [-0.15, -0.1) is 11.6 Å². The van der Waals surface area contributed by atoms with E-state index in [1.165, 1.54) is 49.7 Å². The lowest BCUT2D eigenvalue weighted by Gasteiger charge is -2.71. The summed E-state index contributed by atoms with van der Waals surface area (Å²) in [6.07, 6.45) is 17.1. The molecule has 3 nitrogen and oxygen atoms in total. The van der Waals surface area contributed by atoms with E-state index < -0.39 is 0 Å². The van der Waals surface area contributed by atoms with Gasteiger partial charge in [-0.1, -0.05) is 60.6 Å². The quantitative estimate of drug-likeness (QED) is 0.306. The minimum absolute atomic E-state index is 0.138. The molecule has 43 heavy (non-hydrogen) atoms. The molecule has 0 heterocycles. The molecule has 6 aliphatic carbocycles. The molecule has 0 aromatic rings. The number of Topliss-reactive ketones (excluding diaryl/α,β-unsaturated/α-hetero) is 2. The van der Waals surface area contributed by atoms with Crippen LogP contribution in [0, 0.1) is 51.2 Å². The Balaban J connectivity index is 1.36. The molecule has 0 aromatic carbocycles. The van der Waals surface area contributed by atoms with E-state index >= 15 is 0 Å². The Morgan fingerprint density at radius 1 is 0.977 bits per heavy atom. The molecule has 0 spiro atoms. The van der Waals surface area contributed by atoms with E-state index in [1.54, 1.807) is 12.5 Å². The van der Waals surface area contributed by atoms with Gasteiger partial charge < -0.3 is 5.32 Å². The molecule has 0 aliphatic heterocycles. The first-order valence-corrected chi connectivity index (χ1v) is 18.2. The van der Waals surface area contributed by atoms with Gasteiger partial charge in [0.15, 0.2) is 5.78 Å². The topological polar surface area (TPSA) is 46.2 Å². The summed E-state index contributed by atoms with van der Waals surface area (Å²) < 4.78 is 0. The first-order chi connectivity index (χ1) is 20.2. The van der Waals surface area contributed by atoms with E-state index in [0.29, 0.717) is 41.6 Å². The number of hydrogen-bond donors (Lipinski definition) is 1. The van der Waals surface area contributed by atoms with Crippen LogP contribution in [-0.4, -0.2) is 29.5 Å². The molecule has 3 saturated carbocycles. The van der Waals surface area contributed by atoms with Crippen molar-refractivity contribution in [2.75, 3.05) is 12.4 Å². The lowest BCUT2D eigenvalue weighted by atomic mass is 9.33. The third-order valence-electron chi connectivity index (χ3n) is 14.9. The third kappa shape index (κ3) is 4.43. The number of hydrogen-bond acceptors (Lipinski definition) is 3. The Kier molecular flexibility index (Phi) is 7.89. The second kappa shape index (κ2) is 10.7. The Morgan fingerprint density at radius 2 is 1.72 bits per heavy atom. The van der Waals surface area contributed by atoms with Crippen LogP contribution in [0.5, 0.6) is 0 Å². The fourth-order valence-corrected chi connectivity index (χ4v) is 12.8. The fourth-order valence-electron chi connectivity index (χ4n) is 12.7. The maximum absolute atomic E-state index is 13.7. The van der Waals surface area contributed by atoms with Crippen molar-refractivity contribution in [2.45, 2.75) is 132 Å². The van der Waals surface area contributed by atoms with Crippen molar-refractivity contribution >= 4 is 23.2 Å². The van der Waals surface area contributed by atoms with Crippen molar-refractivity contribution < 1.29 is 9.59 Å². The minimum atomic E-state index is -0.181. The summed E-state index contributed by atoms with van der Waals surface area (Å²) in [5, 5.41) is 3.86. The standard InChI is InChI=1S/C39H58ClNO2/c1-24(2)33-30(43)23-39(41-22-21-40)20-19-37(7)29(34(33)39)13-14-32-36(6)17-15-28(27-11-9-26(10-12-27)25(3)42)35(4,5)31(36)16-18-38(32,37)8/h11,15,24,26,29,31-32,41H,9-10,12-14,16-23H2,1-8H3/t26?,29-,31+,32-,36+,37-,38-,39-/m1/s1. The monoisotopic (exact) mass is 607 g/mol. The molecule has 3 fully saturated rings. The highest BCUT2D eigenvalue weighted by molar-refractivity contribution is 6.18. The van der Waals surface area contributed by atoms with Crippen LogP contribution in [0.4, 0.5) is 0 Å². The van der Waals surface area contributed by atoms with E-state index in [4.69, 9.17) is 11.6 Å². The Hall–Kier alpha value is -1.19. The summed E-state index contributed by atoms with van der Waals surface area (Å²) in [5.41, 5.74) is 6.44.